The number of anilines is 1. The first-order valence-electron chi connectivity index (χ1n) is 6.98. The Morgan fingerprint density at radius 2 is 2.00 bits per heavy atom. The van der Waals surface area contributed by atoms with Gasteiger partial charge in [-0.15, -0.1) is 0 Å². The molecule has 1 heterocycles. The maximum atomic E-state index is 5.91. The number of benzene rings is 1. The Balaban J connectivity index is 2.06. The zero-order valence-electron chi connectivity index (χ0n) is 12.5. The van der Waals surface area contributed by atoms with E-state index in [4.69, 9.17) is 23.8 Å². The van der Waals surface area contributed by atoms with Gasteiger partial charge in [0.05, 0.1) is 5.69 Å². The van der Waals surface area contributed by atoms with E-state index in [-0.39, 0.29) is 0 Å². The molecule has 0 atom stereocenters. The Hall–Kier alpha value is -1.30. The van der Waals surface area contributed by atoms with Crippen molar-refractivity contribution in [3.63, 3.8) is 0 Å². The number of nitrogens with zero attached hydrogens (tertiary/aromatic N) is 1. The minimum absolute atomic E-state index is 0.538. The minimum Gasteiger partial charge on any atom is -0.362 e. The SMILES string of the molecule is CC(C)CNC(=S)Nc1cccnc1Sc1ccc(Cl)cc1. The average Bonchev–Trinajstić information content (AvgIpc) is 2.49. The van der Waals surface area contributed by atoms with Gasteiger partial charge in [-0.05, 0) is 54.5 Å². The van der Waals surface area contributed by atoms with Gasteiger partial charge in [-0.3, -0.25) is 0 Å². The molecular weight excluding hydrogens is 334 g/mol. The Morgan fingerprint density at radius 1 is 1.27 bits per heavy atom. The van der Waals surface area contributed by atoms with Crippen LogP contribution in [0.3, 0.4) is 0 Å². The molecule has 0 amide bonds. The van der Waals surface area contributed by atoms with E-state index in [1.807, 2.05) is 36.4 Å². The van der Waals surface area contributed by atoms with Crippen molar-refractivity contribution in [1.82, 2.24) is 10.3 Å². The van der Waals surface area contributed by atoms with Gasteiger partial charge in [-0.25, -0.2) is 4.98 Å². The van der Waals surface area contributed by atoms with E-state index in [0.29, 0.717) is 11.0 Å². The summed E-state index contributed by atoms with van der Waals surface area (Å²) in [5.74, 6) is 0.538. The summed E-state index contributed by atoms with van der Waals surface area (Å²) in [6, 6.07) is 11.5. The van der Waals surface area contributed by atoms with E-state index in [9.17, 15) is 0 Å². The van der Waals surface area contributed by atoms with E-state index in [0.717, 1.165) is 27.2 Å². The van der Waals surface area contributed by atoms with Crippen molar-refractivity contribution in [1.29, 1.82) is 0 Å². The van der Waals surface area contributed by atoms with Crippen LogP contribution >= 0.6 is 35.6 Å². The summed E-state index contributed by atoms with van der Waals surface area (Å²) in [5, 5.41) is 8.61. The first kappa shape index (κ1) is 17.1. The van der Waals surface area contributed by atoms with Crippen molar-refractivity contribution in [2.75, 3.05) is 11.9 Å². The van der Waals surface area contributed by atoms with Crippen LogP contribution in [0, 0.1) is 5.92 Å². The normalized spacial score (nSPS) is 10.5. The van der Waals surface area contributed by atoms with Gasteiger partial charge >= 0.3 is 0 Å². The zero-order valence-corrected chi connectivity index (χ0v) is 14.9. The van der Waals surface area contributed by atoms with Crippen molar-refractivity contribution in [3.05, 3.63) is 47.6 Å². The molecule has 0 aliphatic heterocycles. The number of aromatic nitrogens is 1. The molecule has 1 aromatic carbocycles. The highest BCUT2D eigenvalue weighted by molar-refractivity contribution is 7.99. The maximum absolute atomic E-state index is 5.91. The molecule has 0 bridgehead atoms. The molecular formula is C16H18ClN3S2. The van der Waals surface area contributed by atoms with Gasteiger partial charge in [0.15, 0.2) is 5.11 Å². The third kappa shape index (κ3) is 5.48. The van der Waals surface area contributed by atoms with Crippen LogP contribution in [0.5, 0.6) is 0 Å². The lowest BCUT2D eigenvalue weighted by Crippen LogP contribution is -2.31. The van der Waals surface area contributed by atoms with Gasteiger partial charge in [-0.2, -0.15) is 0 Å². The molecule has 2 aromatic rings. The largest absolute Gasteiger partial charge is 0.362 e. The third-order valence-corrected chi connectivity index (χ3v) is 4.24. The molecule has 0 aliphatic rings. The summed E-state index contributed by atoms with van der Waals surface area (Å²) in [6.07, 6.45) is 1.77. The van der Waals surface area contributed by atoms with E-state index in [1.165, 1.54) is 0 Å². The molecule has 0 fully saturated rings. The fourth-order valence-electron chi connectivity index (χ4n) is 1.64. The Kier molecular flexibility index (Phi) is 6.49. The van der Waals surface area contributed by atoms with E-state index >= 15 is 0 Å². The molecule has 116 valence electrons. The molecule has 6 heteroatoms. The van der Waals surface area contributed by atoms with Crippen LogP contribution in [0.2, 0.25) is 5.02 Å². The first-order chi connectivity index (χ1) is 10.5. The van der Waals surface area contributed by atoms with Gasteiger partial charge in [0, 0.05) is 22.7 Å². The Morgan fingerprint density at radius 3 is 2.68 bits per heavy atom. The van der Waals surface area contributed by atoms with Crippen LogP contribution in [-0.2, 0) is 0 Å². The number of rotatable bonds is 5. The van der Waals surface area contributed by atoms with E-state index < -0.39 is 0 Å². The minimum atomic E-state index is 0.538. The quantitative estimate of drug-likeness (QED) is 0.755. The molecule has 2 rings (SSSR count). The first-order valence-corrected chi connectivity index (χ1v) is 8.58. The van der Waals surface area contributed by atoms with Crippen molar-refractivity contribution in [2.24, 2.45) is 5.92 Å². The van der Waals surface area contributed by atoms with Crippen molar-refractivity contribution >= 4 is 46.4 Å². The maximum Gasteiger partial charge on any atom is 0.170 e. The number of hydrogen-bond acceptors (Lipinski definition) is 3. The van der Waals surface area contributed by atoms with Gasteiger partial charge < -0.3 is 10.6 Å². The Labute approximate surface area is 145 Å². The predicted octanol–water partition coefficient (Wildman–Crippen LogP) is 4.83. The van der Waals surface area contributed by atoms with Crippen molar-refractivity contribution in [2.45, 2.75) is 23.8 Å². The molecule has 2 N–H and O–H groups in total. The molecule has 3 nitrogen and oxygen atoms in total. The molecule has 1 aromatic heterocycles. The summed E-state index contributed by atoms with van der Waals surface area (Å²) in [4.78, 5) is 5.50. The second kappa shape index (κ2) is 8.36. The summed E-state index contributed by atoms with van der Waals surface area (Å²) in [6.45, 7) is 5.12. The van der Waals surface area contributed by atoms with Gasteiger partial charge in [0.2, 0.25) is 0 Å². The van der Waals surface area contributed by atoms with Crippen molar-refractivity contribution in [3.8, 4) is 0 Å². The molecule has 0 spiro atoms. The van der Waals surface area contributed by atoms with Gasteiger partial charge in [0.25, 0.3) is 0 Å². The standard InChI is InChI=1S/C16H18ClN3S2/c1-11(2)10-19-16(21)20-14-4-3-9-18-15(14)22-13-7-5-12(17)6-8-13/h3-9,11H,10H2,1-2H3,(H2,19,20,21). The lowest BCUT2D eigenvalue weighted by molar-refractivity contribution is 0.627. The molecule has 0 unspecified atom stereocenters. The van der Waals surface area contributed by atoms with Crippen LogP contribution in [0.4, 0.5) is 5.69 Å². The topological polar surface area (TPSA) is 37.0 Å². The number of pyridine rings is 1. The molecule has 0 aliphatic carbocycles. The molecule has 22 heavy (non-hydrogen) atoms. The second-order valence-electron chi connectivity index (χ2n) is 5.14. The van der Waals surface area contributed by atoms with Crippen LogP contribution in [0.1, 0.15) is 13.8 Å². The number of hydrogen-bond donors (Lipinski definition) is 2. The van der Waals surface area contributed by atoms with Gasteiger partial charge in [0.1, 0.15) is 5.03 Å². The molecule has 0 saturated carbocycles. The van der Waals surface area contributed by atoms with Crippen LogP contribution in [-0.4, -0.2) is 16.6 Å². The average molecular weight is 352 g/mol. The van der Waals surface area contributed by atoms with Crippen molar-refractivity contribution < 1.29 is 0 Å². The lowest BCUT2D eigenvalue weighted by Gasteiger charge is -2.14. The fourth-order valence-corrected chi connectivity index (χ4v) is 2.80. The molecule has 0 saturated heterocycles. The number of thiocarbonyl (C=S) groups is 1. The second-order valence-corrected chi connectivity index (χ2v) is 7.05. The monoisotopic (exact) mass is 351 g/mol. The highest BCUT2D eigenvalue weighted by Gasteiger charge is 2.07. The van der Waals surface area contributed by atoms with Crippen LogP contribution in [0.25, 0.3) is 0 Å². The predicted molar refractivity (Wildman–Crippen MR) is 98.9 cm³/mol. The Bertz CT molecular complexity index is 630. The number of nitrogens with one attached hydrogen (secondary N) is 2. The molecule has 0 radical (unpaired) electrons. The van der Waals surface area contributed by atoms with E-state index in [1.54, 1.807) is 18.0 Å². The summed E-state index contributed by atoms with van der Waals surface area (Å²) < 4.78 is 0. The third-order valence-electron chi connectivity index (χ3n) is 2.72. The fraction of sp³-hybridized carbons (Fsp3) is 0.250. The smallest absolute Gasteiger partial charge is 0.170 e. The summed E-state index contributed by atoms with van der Waals surface area (Å²) in [5.41, 5.74) is 0.892. The van der Waals surface area contributed by atoms with Gasteiger partial charge in [-0.1, -0.05) is 37.2 Å². The number of halogens is 1. The van der Waals surface area contributed by atoms with Crippen LogP contribution < -0.4 is 10.6 Å². The highest BCUT2D eigenvalue weighted by Crippen LogP contribution is 2.32. The summed E-state index contributed by atoms with van der Waals surface area (Å²) >= 11 is 12.8. The highest BCUT2D eigenvalue weighted by atomic mass is 35.5. The van der Waals surface area contributed by atoms with E-state index in [2.05, 4.69) is 29.5 Å². The summed E-state index contributed by atoms with van der Waals surface area (Å²) in [7, 11) is 0. The zero-order chi connectivity index (χ0) is 15.9. The lowest BCUT2D eigenvalue weighted by atomic mass is 10.2. The van der Waals surface area contributed by atoms with Crippen LogP contribution in [0.15, 0.2) is 52.5 Å².